The summed E-state index contributed by atoms with van der Waals surface area (Å²) in [7, 11) is 0. The van der Waals surface area contributed by atoms with Crippen molar-refractivity contribution in [2.45, 2.75) is 128 Å². The summed E-state index contributed by atoms with van der Waals surface area (Å²) in [5.41, 5.74) is -0.340. The number of carbonyl (C=O) groups is 7. The van der Waals surface area contributed by atoms with Crippen LogP contribution in [-0.2, 0) is 38.2 Å². The van der Waals surface area contributed by atoms with Gasteiger partial charge in [0, 0.05) is 0 Å². The van der Waals surface area contributed by atoms with Gasteiger partial charge in [-0.05, 0) is 76.7 Å². The summed E-state index contributed by atoms with van der Waals surface area (Å²) in [6.45, 7) is 6.00. The molecule has 3 saturated carbocycles. The van der Waals surface area contributed by atoms with Crippen molar-refractivity contribution < 1.29 is 43.0 Å². The molecule has 5 amide bonds. The number of ether oxygens (including phenoxy) is 2. The van der Waals surface area contributed by atoms with Crippen LogP contribution < -0.4 is 26.6 Å². The maximum absolute atomic E-state index is 13.8. The number of Topliss-reactive ketones (excluding diaryl/α,β-unsaturated/α-hetero) is 1. The van der Waals surface area contributed by atoms with E-state index in [-0.39, 0.29) is 30.8 Å². The van der Waals surface area contributed by atoms with E-state index >= 15 is 0 Å². The molecule has 0 spiro atoms. The van der Waals surface area contributed by atoms with Crippen LogP contribution in [0, 0.1) is 29.6 Å². The summed E-state index contributed by atoms with van der Waals surface area (Å²) >= 11 is 0. The van der Waals surface area contributed by atoms with Crippen molar-refractivity contribution in [1.82, 2.24) is 26.6 Å². The van der Waals surface area contributed by atoms with Gasteiger partial charge in [0.25, 0.3) is 5.91 Å². The summed E-state index contributed by atoms with van der Waals surface area (Å²) in [6.07, 6.45) is 7.55. The Hall–Kier alpha value is -4.93. The van der Waals surface area contributed by atoms with Crippen LogP contribution >= 0.6 is 0 Å². The first-order valence-electron chi connectivity index (χ1n) is 19.1. The Balaban J connectivity index is 1.40. The van der Waals surface area contributed by atoms with Gasteiger partial charge >= 0.3 is 12.1 Å². The number of carbonyl (C=O) groups excluding carboxylic acids is 7. The van der Waals surface area contributed by atoms with Gasteiger partial charge in [-0.2, -0.15) is 0 Å². The van der Waals surface area contributed by atoms with Crippen LogP contribution in [0.4, 0.5) is 4.79 Å². The normalized spacial score (nSPS) is 17.9. The van der Waals surface area contributed by atoms with Gasteiger partial charge in [-0.1, -0.05) is 81.2 Å². The Labute approximate surface area is 317 Å². The Morgan fingerprint density at radius 1 is 0.778 bits per heavy atom. The molecule has 1 aromatic carbocycles. The molecule has 0 heterocycles. The Bertz CT molecular complexity index is 1570. The molecule has 54 heavy (non-hydrogen) atoms. The molecule has 3 aliphatic rings. The predicted octanol–water partition coefficient (Wildman–Crippen LogP) is 3.14. The van der Waals surface area contributed by atoms with Gasteiger partial charge in [0.1, 0.15) is 17.7 Å². The quantitative estimate of drug-likeness (QED) is 0.0851. The number of nitrogens with one attached hydrogen (secondary N) is 5. The SMILES string of the molecule is CC#CCOC(=O)NC(C(=O)NC(CC1CC1)C(=O)NC(CC1CC1)C(=O)C(=O)NCC(=O)NC(C(=O)OC(C)(C)C)c1ccccc1)C1CCCCC1. The molecule has 14 heteroatoms. The van der Waals surface area contributed by atoms with E-state index < -0.39 is 77.8 Å². The minimum absolute atomic E-state index is 0.122. The fourth-order valence-corrected chi connectivity index (χ4v) is 6.48. The van der Waals surface area contributed by atoms with Gasteiger partial charge in [0.2, 0.25) is 23.5 Å². The standard InChI is InChI=1S/C40H55N5O9/c1-5-6-21-53-39(52)45-32(27-13-9-7-10-14-27)36(49)43-30(23-26-19-20-26)35(48)42-29(22-25-17-18-25)34(47)37(50)41-24-31(46)44-33(28-15-11-8-12-16-28)38(51)54-40(2,3)4/h8,11-12,15-16,25-27,29-30,32-33H,7,9-10,13-14,17-24H2,1-4H3,(H,41,50)(H,42,48)(H,43,49)(H,44,46)(H,45,52). The molecule has 3 fully saturated rings. The van der Waals surface area contributed by atoms with Crippen LogP contribution in [-0.4, -0.2) is 78.4 Å². The van der Waals surface area contributed by atoms with E-state index in [4.69, 9.17) is 9.47 Å². The average Bonchev–Trinajstić information content (AvgIpc) is 4.08. The van der Waals surface area contributed by atoms with E-state index in [2.05, 4.69) is 38.4 Å². The molecular formula is C40H55N5O9. The molecule has 0 aromatic heterocycles. The summed E-state index contributed by atoms with van der Waals surface area (Å²) in [5.74, 6) is 0.953. The minimum Gasteiger partial charge on any atom is -0.458 e. The van der Waals surface area contributed by atoms with Crippen molar-refractivity contribution in [3.8, 4) is 11.8 Å². The zero-order valence-electron chi connectivity index (χ0n) is 31.8. The summed E-state index contributed by atoms with van der Waals surface area (Å²) < 4.78 is 10.6. The first kappa shape index (κ1) is 41.8. The molecule has 5 N–H and O–H groups in total. The van der Waals surface area contributed by atoms with Crippen LogP contribution in [0.15, 0.2) is 30.3 Å². The van der Waals surface area contributed by atoms with Crippen LogP contribution in [0.25, 0.3) is 0 Å². The van der Waals surface area contributed by atoms with E-state index in [1.165, 1.54) is 0 Å². The first-order valence-corrected chi connectivity index (χ1v) is 19.1. The van der Waals surface area contributed by atoms with Crippen molar-refractivity contribution in [2.75, 3.05) is 13.2 Å². The third-order valence-corrected chi connectivity index (χ3v) is 9.64. The number of esters is 1. The topological polar surface area (TPSA) is 198 Å². The predicted molar refractivity (Wildman–Crippen MR) is 198 cm³/mol. The Morgan fingerprint density at radius 3 is 1.98 bits per heavy atom. The van der Waals surface area contributed by atoms with E-state index in [9.17, 15) is 33.6 Å². The minimum atomic E-state index is -1.19. The number of hydrogen-bond donors (Lipinski definition) is 5. The van der Waals surface area contributed by atoms with Crippen molar-refractivity contribution >= 4 is 41.5 Å². The van der Waals surface area contributed by atoms with Crippen molar-refractivity contribution in [2.24, 2.45) is 17.8 Å². The lowest BCUT2D eigenvalue weighted by atomic mass is 9.83. The highest BCUT2D eigenvalue weighted by molar-refractivity contribution is 6.38. The number of amides is 5. The van der Waals surface area contributed by atoms with Gasteiger partial charge in [0.05, 0.1) is 12.6 Å². The molecule has 0 bridgehead atoms. The number of rotatable bonds is 18. The summed E-state index contributed by atoms with van der Waals surface area (Å²) in [6, 6.07) is 4.22. The molecule has 3 aliphatic carbocycles. The van der Waals surface area contributed by atoms with E-state index in [1.807, 2.05) is 0 Å². The van der Waals surface area contributed by atoms with Gasteiger partial charge in [0.15, 0.2) is 12.6 Å². The summed E-state index contributed by atoms with van der Waals surface area (Å²) in [5, 5.41) is 13.2. The fraction of sp³-hybridized carbons (Fsp3) is 0.625. The van der Waals surface area contributed by atoms with Crippen LogP contribution in [0.2, 0.25) is 0 Å². The molecule has 14 nitrogen and oxygen atoms in total. The van der Waals surface area contributed by atoms with Crippen molar-refractivity contribution in [3.05, 3.63) is 35.9 Å². The average molecular weight is 750 g/mol. The molecule has 0 aliphatic heterocycles. The lowest BCUT2D eigenvalue weighted by Gasteiger charge is -2.31. The van der Waals surface area contributed by atoms with E-state index in [0.717, 1.165) is 57.8 Å². The van der Waals surface area contributed by atoms with Crippen LogP contribution in [0.1, 0.15) is 110 Å². The summed E-state index contributed by atoms with van der Waals surface area (Å²) in [4.78, 5) is 92.8. The van der Waals surface area contributed by atoms with Gasteiger partial charge in [-0.25, -0.2) is 9.59 Å². The smallest absolute Gasteiger partial charge is 0.408 e. The Kier molecular flexibility index (Phi) is 15.4. The third kappa shape index (κ3) is 14.1. The van der Waals surface area contributed by atoms with Crippen LogP contribution in [0.5, 0.6) is 0 Å². The maximum Gasteiger partial charge on any atom is 0.408 e. The van der Waals surface area contributed by atoms with Gasteiger partial charge < -0.3 is 36.1 Å². The monoisotopic (exact) mass is 749 g/mol. The van der Waals surface area contributed by atoms with Crippen LogP contribution in [0.3, 0.4) is 0 Å². The molecule has 4 unspecified atom stereocenters. The third-order valence-electron chi connectivity index (χ3n) is 9.64. The zero-order valence-corrected chi connectivity index (χ0v) is 31.8. The second kappa shape index (κ2) is 19.9. The molecule has 0 saturated heterocycles. The number of alkyl carbamates (subject to hydrolysis) is 1. The number of hydrogen-bond acceptors (Lipinski definition) is 9. The fourth-order valence-electron chi connectivity index (χ4n) is 6.48. The molecule has 4 rings (SSSR count). The maximum atomic E-state index is 13.8. The van der Waals surface area contributed by atoms with E-state index in [0.29, 0.717) is 12.0 Å². The molecular weight excluding hydrogens is 694 g/mol. The highest BCUT2D eigenvalue weighted by Gasteiger charge is 2.39. The Morgan fingerprint density at radius 2 is 1.39 bits per heavy atom. The largest absolute Gasteiger partial charge is 0.458 e. The second-order valence-corrected chi connectivity index (χ2v) is 15.5. The first-order chi connectivity index (χ1) is 25.7. The van der Waals surface area contributed by atoms with Crippen molar-refractivity contribution in [3.63, 3.8) is 0 Å². The molecule has 1 aromatic rings. The number of benzene rings is 1. The lowest BCUT2D eigenvalue weighted by molar-refractivity contribution is -0.158. The lowest BCUT2D eigenvalue weighted by Crippen LogP contribution is -2.58. The second-order valence-electron chi connectivity index (χ2n) is 15.5. The molecule has 0 radical (unpaired) electrons. The zero-order chi connectivity index (χ0) is 39.3. The van der Waals surface area contributed by atoms with E-state index in [1.54, 1.807) is 58.0 Å². The highest BCUT2D eigenvalue weighted by atomic mass is 16.6. The number of ketones is 1. The van der Waals surface area contributed by atoms with Gasteiger partial charge in [-0.3, -0.25) is 24.0 Å². The van der Waals surface area contributed by atoms with Crippen molar-refractivity contribution in [1.29, 1.82) is 0 Å². The van der Waals surface area contributed by atoms with Gasteiger partial charge in [-0.15, -0.1) is 5.92 Å². The molecule has 4 atom stereocenters. The highest BCUT2D eigenvalue weighted by Crippen LogP contribution is 2.35. The molecule has 294 valence electrons.